The molecule has 4 rings (SSSR count). The van der Waals surface area contributed by atoms with Gasteiger partial charge in [-0.3, -0.25) is 10.1 Å². The molecule has 0 aliphatic rings. The summed E-state index contributed by atoms with van der Waals surface area (Å²) in [7, 11) is 1.50. The summed E-state index contributed by atoms with van der Waals surface area (Å²) in [5.74, 6) is -0.271. The highest BCUT2D eigenvalue weighted by atomic mass is 79.9. The van der Waals surface area contributed by atoms with E-state index in [0.717, 1.165) is 0 Å². The Morgan fingerprint density at radius 1 is 1.26 bits per heavy atom. The third-order valence-electron chi connectivity index (χ3n) is 3.82. The van der Waals surface area contributed by atoms with Crippen LogP contribution in [-0.4, -0.2) is 27.6 Å². The number of hydrogen-bond donors (Lipinski definition) is 1. The van der Waals surface area contributed by atoms with Gasteiger partial charge in [0.15, 0.2) is 16.1 Å². The second-order valence-electron chi connectivity index (χ2n) is 5.53. The van der Waals surface area contributed by atoms with Crippen LogP contribution >= 0.6 is 15.9 Å². The Morgan fingerprint density at radius 3 is 2.81 bits per heavy atom. The molecular weight excluding hydrogens is 419 g/mol. The van der Waals surface area contributed by atoms with Crippen LogP contribution in [0, 0.1) is 5.82 Å². The van der Waals surface area contributed by atoms with Crippen molar-refractivity contribution >= 4 is 33.4 Å². The van der Waals surface area contributed by atoms with Crippen molar-refractivity contribution in [3.05, 3.63) is 64.8 Å². The van der Waals surface area contributed by atoms with Crippen LogP contribution in [0.1, 0.15) is 10.6 Å². The number of carbonyl (C=O) groups is 1. The summed E-state index contributed by atoms with van der Waals surface area (Å²) >= 11 is 3.14. The number of halogens is 2. The van der Waals surface area contributed by atoms with Gasteiger partial charge in [0.05, 0.1) is 7.11 Å². The quantitative estimate of drug-likeness (QED) is 0.525. The SMILES string of the molecule is COc1ccc(-c2cccc(F)c2)c2nc(NC(=O)c3ccc(Br)o3)nn12. The van der Waals surface area contributed by atoms with Crippen molar-refractivity contribution in [3.63, 3.8) is 0 Å². The number of carbonyl (C=O) groups excluding carboxylic acids is 1. The Kier molecular flexibility index (Phi) is 4.36. The second-order valence-corrected chi connectivity index (χ2v) is 6.31. The van der Waals surface area contributed by atoms with Gasteiger partial charge in [-0.1, -0.05) is 12.1 Å². The molecular formula is C18H12BrFN4O3. The van der Waals surface area contributed by atoms with E-state index in [1.165, 1.54) is 29.8 Å². The van der Waals surface area contributed by atoms with Crippen molar-refractivity contribution in [2.45, 2.75) is 0 Å². The lowest BCUT2D eigenvalue weighted by Gasteiger charge is -2.06. The predicted octanol–water partition coefficient (Wildman–Crippen LogP) is 4.15. The lowest BCUT2D eigenvalue weighted by Crippen LogP contribution is -2.12. The second kappa shape index (κ2) is 6.84. The number of rotatable bonds is 4. The Labute approximate surface area is 160 Å². The van der Waals surface area contributed by atoms with Crippen LogP contribution in [0.4, 0.5) is 10.3 Å². The van der Waals surface area contributed by atoms with E-state index in [1.807, 2.05) is 0 Å². The van der Waals surface area contributed by atoms with E-state index in [-0.39, 0.29) is 17.5 Å². The Balaban J connectivity index is 1.78. The zero-order valence-electron chi connectivity index (χ0n) is 13.9. The zero-order valence-corrected chi connectivity index (χ0v) is 15.5. The molecule has 4 aromatic rings. The molecule has 0 bridgehead atoms. The molecule has 0 unspecified atom stereocenters. The number of benzene rings is 1. The fourth-order valence-electron chi connectivity index (χ4n) is 2.63. The van der Waals surface area contributed by atoms with Gasteiger partial charge in [0.2, 0.25) is 11.8 Å². The van der Waals surface area contributed by atoms with Crippen LogP contribution < -0.4 is 10.1 Å². The van der Waals surface area contributed by atoms with Crippen molar-refractivity contribution in [1.29, 1.82) is 0 Å². The van der Waals surface area contributed by atoms with Crippen LogP contribution in [0.3, 0.4) is 0 Å². The maximum atomic E-state index is 13.6. The minimum atomic E-state index is -0.497. The molecule has 9 heteroatoms. The normalized spacial score (nSPS) is 10.9. The third kappa shape index (κ3) is 3.28. The lowest BCUT2D eigenvalue weighted by molar-refractivity contribution is 0.0994. The topological polar surface area (TPSA) is 81.7 Å². The molecule has 27 heavy (non-hydrogen) atoms. The summed E-state index contributed by atoms with van der Waals surface area (Å²) in [5.41, 5.74) is 1.68. The number of aromatic nitrogens is 3. The molecule has 1 aromatic carbocycles. The van der Waals surface area contributed by atoms with Crippen LogP contribution in [0.15, 0.2) is 57.6 Å². The molecule has 3 heterocycles. The largest absolute Gasteiger partial charge is 0.481 e. The first kappa shape index (κ1) is 17.2. The van der Waals surface area contributed by atoms with Gasteiger partial charge >= 0.3 is 0 Å². The molecule has 0 atom stereocenters. The number of methoxy groups -OCH3 is 1. The van der Waals surface area contributed by atoms with Crippen molar-refractivity contribution in [3.8, 4) is 17.0 Å². The molecule has 136 valence electrons. The summed E-state index contributed by atoms with van der Waals surface area (Å²) in [4.78, 5) is 16.6. The molecule has 0 saturated heterocycles. The first-order valence-electron chi connectivity index (χ1n) is 7.81. The monoisotopic (exact) mass is 430 g/mol. The third-order valence-corrected chi connectivity index (χ3v) is 4.24. The van der Waals surface area contributed by atoms with Gasteiger partial charge in [0.1, 0.15) is 5.82 Å². The highest BCUT2D eigenvalue weighted by molar-refractivity contribution is 9.10. The Hall–Kier alpha value is -3.20. The van der Waals surface area contributed by atoms with E-state index in [0.29, 0.717) is 27.3 Å². The molecule has 0 spiro atoms. The summed E-state index contributed by atoms with van der Waals surface area (Å²) in [6.07, 6.45) is 0. The first-order chi connectivity index (χ1) is 13.0. The first-order valence-corrected chi connectivity index (χ1v) is 8.61. The van der Waals surface area contributed by atoms with Crippen molar-refractivity contribution in [1.82, 2.24) is 14.6 Å². The molecule has 3 aromatic heterocycles. The molecule has 7 nitrogen and oxygen atoms in total. The van der Waals surface area contributed by atoms with Crippen LogP contribution in [0.2, 0.25) is 0 Å². The number of pyridine rings is 1. The van der Waals surface area contributed by atoms with E-state index in [2.05, 4.69) is 31.3 Å². The van der Waals surface area contributed by atoms with Crippen molar-refractivity contribution < 1.29 is 18.3 Å². The molecule has 0 fully saturated rings. The Bertz CT molecular complexity index is 1150. The van der Waals surface area contributed by atoms with E-state index in [4.69, 9.17) is 9.15 Å². The van der Waals surface area contributed by atoms with Gasteiger partial charge in [0.25, 0.3) is 5.91 Å². The van der Waals surface area contributed by atoms with Gasteiger partial charge in [-0.05, 0) is 51.8 Å². The Morgan fingerprint density at radius 2 is 2.11 bits per heavy atom. The summed E-state index contributed by atoms with van der Waals surface area (Å²) in [5, 5.41) is 6.84. The summed E-state index contributed by atoms with van der Waals surface area (Å²) in [6.45, 7) is 0. The molecule has 0 aliphatic heterocycles. The highest BCUT2D eigenvalue weighted by Crippen LogP contribution is 2.28. The number of furan rings is 1. The van der Waals surface area contributed by atoms with Gasteiger partial charge in [-0.2, -0.15) is 9.50 Å². The predicted molar refractivity (Wildman–Crippen MR) is 99.3 cm³/mol. The van der Waals surface area contributed by atoms with E-state index < -0.39 is 5.91 Å². The number of nitrogens with one attached hydrogen (secondary N) is 1. The summed E-state index contributed by atoms with van der Waals surface area (Å²) < 4.78 is 26.0. The van der Waals surface area contributed by atoms with E-state index in [9.17, 15) is 9.18 Å². The van der Waals surface area contributed by atoms with Crippen LogP contribution in [0.5, 0.6) is 5.88 Å². The highest BCUT2D eigenvalue weighted by Gasteiger charge is 2.17. The van der Waals surface area contributed by atoms with Gasteiger partial charge in [-0.25, -0.2) is 4.39 Å². The van der Waals surface area contributed by atoms with Crippen molar-refractivity contribution in [2.75, 3.05) is 12.4 Å². The van der Waals surface area contributed by atoms with E-state index in [1.54, 1.807) is 30.3 Å². The molecule has 0 aliphatic carbocycles. The number of hydrogen-bond acceptors (Lipinski definition) is 5. The molecule has 1 amide bonds. The number of nitrogens with zero attached hydrogens (tertiary/aromatic N) is 3. The van der Waals surface area contributed by atoms with Crippen LogP contribution in [-0.2, 0) is 0 Å². The minimum Gasteiger partial charge on any atom is -0.481 e. The smallest absolute Gasteiger partial charge is 0.293 e. The zero-order chi connectivity index (χ0) is 19.0. The maximum Gasteiger partial charge on any atom is 0.293 e. The lowest BCUT2D eigenvalue weighted by atomic mass is 10.1. The van der Waals surface area contributed by atoms with Crippen LogP contribution in [0.25, 0.3) is 16.8 Å². The number of amides is 1. The molecule has 0 saturated carbocycles. The minimum absolute atomic E-state index is 0.0645. The van der Waals surface area contributed by atoms with Gasteiger partial charge in [-0.15, -0.1) is 5.10 Å². The summed E-state index contributed by atoms with van der Waals surface area (Å²) in [6, 6.07) is 12.7. The van der Waals surface area contributed by atoms with E-state index >= 15 is 0 Å². The fourth-order valence-corrected chi connectivity index (χ4v) is 2.93. The number of fused-ring (bicyclic) bond motifs is 1. The van der Waals surface area contributed by atoms with Gasteiger partial charge in [0, 0.05) is 11.6 Å². The standard InChI is InChI=1S/C18H12BrFN4O3/c1-26-15-8-5-12(10-3-2-4-11(20)9-10)16-21-18(23-24(15)16)22-17(25)13-6-7-14(19)27-13/h2-9H,1H3,(H,22,23,25). The maximum absolute atomic E-state index is 13.6. The fraction of sp³-hybridized carbons (Fsp3) is 0.0556. The number of ether oxygens (including phenoxy) is 1. The molecule has 1 N–H and O–H groups in total. The number of anilines is 1. The van der Waals surface area contributed by atoms with Gasteiger partial charge < -0.3 is 9.15 Å². The average molecular weight is 431 g/mol. The van der Waals surface area contributed by atoms with Crippen molar-refractivity contribution in [2.24, 2.45) is 0 Å². The molecule has 0 radical (unpaired) electrons. The average Bonchev–Trinajstić information content (AvgIpc) is 3.27.